The molecule has 7 heteroatoms. The highest BCUT2D eigenvalue weighted by Crippen LogP contribution is 2.27. The molecule has 0 spiro atoms. The minimum Gasteiger partial charge on any atom is -0.461 e. The van der Waals surface area contributed by atoms with Crippen molar-refractivity contribution in [2.24, 2.45) is 0 Å². The normalized spacial score (nSPS) is 11.9. The maximum atomic E-state index is 12.1. The smallest absolute Gasteiger partial charge is 0.461 e. The fraction of sp³-hybridized carbons (Fsp3) is 0.0833. The van der Waals surface area contributed by atoms with Gasteiger partial charge in [0.1, 0.15) is 5.75 Å². The number of ether oxygens (including phenoxy) is 1. The highest BCUT2D eigenvalue weighted by molar-refractivity contribution is 5.79. The van der Waals surface area contributed by atoms with E-state index >= 15 is 0 Å². The lowest BCUT2D eigenvalue weighted by Gasteiger charge is -2.07. The average Bonchev–Trinajstić information content (AvgIpc) is 2.94. The number of nitrogens with zero attached hydrogens (tertiary/aromatic N) is 1. The molecule has 4 nitrogen and oxygen atoms in total. The molecule has 3 aromatic rings. The van der Waals surface area contributed by atoms with Gasteiger partial charge in [0.2, 0.25) is 0 Å². The minimum absolute atomic E-state index is 0.297. The Balaban J connectivity index is 2.00. The van der Waals surface area contributed by atoms with Gasteiger partial charge in [0.05, 0.1) is 17.3 Å². The summed E-state index contributed by atoms with van der Waals surface area (Å²) in [5.74, 6) is 0.660. The largest absolute Gasteiger partial charge is 0.573 e. The number of furan rings is 1. The van der Waals surface area contributed by atoms with Crippen LogP contribution in [0.5, 0.6) is 5.75 Å². The third-order valence-electron chi connectivity index (χ3n) is 2.44. The summed E-state index contributed by atoms with van der Waals surface area (Å²) in [4.78, 5) is 7.08. The fourth-order valence-electron chi connectivity index (χ4n) is 1.72. The number of alkyl halides is 3. The standard InChI is InChI=1S/C12H7F3N2O2/c13-12(14,15)19-7-3-4-8-9(6-7)17-11(16-8)10-2-1-5-18-10/h1-6H,(H,16,17). The summed E-state index contributed by atoms with van der Waals surface area (Å²) in [6.07, 6.45) is -3.22. The molecule has 2 heterocycles. The summed E-state index contributed by atoms with van der Waals surface area (Å²) < 4.78 is 45.3. The predicted octanol–water partition coefficient (Wildman–Crippen LogP) is 3.72. The number of fused-ring (bicyclic) bond motifs is 1. The van der Waals surface area contributed by atoms with Crippen molar-refractivity contribution in [1.29, 1.82) is 0 Å². The lowest BCUT2D eigenvalue weighted by atomic mass is 10.3. The summed E-state index contributed by atoms with van der Waals surface area (Å²) in [5, 5.41) is 0. The molecule has 1 N–H and O–H groups in total. The SMILES string of the molecule is FC(F)(F)Oc1ccc2nc(-c3ccco3)[nH]c2c1. The Morgan fingerprint density at radius 3 is 2.74 bits per heavy atom. The van der Waals surface area contributed by atoms with E-state index in [2.05, 4.69) is 14.7 Å². The van der Waals surface area contributed by atoms with Crippen LogP contribution in [0.1, 0.15) is 0 Å². The maximum absolute atomic E-state index is 12.1. The highest BCUT2D eigenvalue weighted by atomic mass is 19.4. The first-order valence-corrected chi connectivity index (χ1v) is 5.31. The van der Waals surface area contributed by atoms with Crippen LogP contribution in [-0.4, -0.2) is 16.3 Å². The number of H-pyrrole nitrogens is 1. The van der Waals surface area contributed by atoms with Crippen LogP contribution in [0.25, 0.3) is 22.6 Å². The number of nitrogens with one attached hydrogen (secondary N) is 1. The van der Waals surface area contributed by atoms with Gasteiger partial charge >= 0.3 is 6.36 Å². The van der Waals surface area contributed by atoms with Gasteiger partial charge in [-0.2, -0.15) is 0 Å². The molecular formula is C12H7F3N2O2. The minimum atomic E-state index is -4.71. The number of rotatable bonds is 2. The molecule has 19 heavy (non-hydrogen) atoms. The van der Waals surface area contributed by atoms with Crippen LogP contribution in [0.2, 0.25) is 0 Å². The monoisotopic (exact) mass is 268 g/mol. The number of halogens is 3. The van der Waals surface area contributed by atoms with E-state index in [0.717, 1.165) is 0 Å². The maximum Gasteiger partial charge on any atom is 0.573 e. The predicted molar refractivity (Wildman–Crippen MR) is 60.5 cm³/mol. The Hall–Kier alpha value is -2.44. The Bertz CT molecular complexity index is 701. The Labute approximate surface area is 104 Å². The number of hydrogen-bond donors (Lipinski definition) is 1. The molecule has 0 aliphatic carbocycles. The molecule has 1 aromatic carbocycles. The molecule has 0 aliphatic heterocycles. The summed E-state index contributed by atoms with van der Waals surface area (Å²) in [5.41, 5.74) is 0.967. The quantitative estimate of drug-likeness (QED) is 0.770. The second kappa shape index (κ2) is 4.04. The van der Waals surface area contributed by atoms with Gasteiger partial charge in [-0.15, -0.1) is 13.2 Å². The number of aromatic nitrogens is 2. The van der Waals surface area contributed by atoms with E-state index in [-0.39, 0.29) is 5.75 Å². The molecule has 2 aromatic heterocycles. The highest BCUT2D eigenvalue weighted by Gasteiger charge is 2.31. The Morgan fingerprint density at radius 2 is 2.05 bits per heavy atom. The van der Waals surface area contributed by atoms with Crippen molar-refractivity contribution in [3.63, 3.8) is 0 Å². The van der Waals surface area contributed by atoms with Crippen LogP contribution in [0.4, 0.5) is 13.2 Å². The van der Waals surface area contributed by atoms with Crippen molar-refractivity contribution < 1.29 is 22.3 Å². The van der Waals surface area contributed by atoms with Crippen LogP contribution in [0.15, 0.2) is 41.0 Å². The molecule has 0 radical (unpaired) electrons. The first-order valence-electron chi connectivity index (χ1n) is 5.31. The molecule has 3 rings (SSSR count). The van der Waals surface area contributed by atoms with Crippen molar-refractivity contribution in [2.45, 2.75) is 6.36 Å². The number of hydrogen-bond acceptors (Lipinski definition) is 3. The van der Waals surface area contributed by atoms with Gasteiger partial charge in [0.15, 0.2) is 11.6 Å². The Kier molecular flexibility index (Phi) is 2.48. The van der Waals surface area contributed by atoms with E-state index in [1.54, 1.807) is 12.1 Å². The molecule has 0 bridgehead atoms. The van der Waals surface area contributed by atoms with Crippen LogP contribution in [-0.2, 0) is 0 Å². The number of benzene rings is 1. The molecule has 0 fully saturated rings. The van der Waals surface area contributed by atoms with Gasteiger partial charge in [0.25, 0.3) is 0 Å². The zero-order chi connectivity index (χ0) is 13.5. The van der Waals surface area contributed by atoms with Gasteiger partial charge in [-0.25, -0.2) is 4.98 Å². The van der Waals surface area contributed by atoms with Crippen LogP contribution >= 0.6 is 0 Å². The fourth-order valence-corrected chi connectivity index (χ4v) is 1.72. The van der Waals surface area contributed by atoms with E-state index in [4.69, 9.17) is 4.42 Å². The van der Waals surface area contributed by atoms with Crippen LogP contribution in [0.3, 0.4) is 0 Å². The van der Waals surface area contributed by atoms with E-state index in [9.17, 15) is 13.2 Å². The third kappa shape index (κ3) is 2.40. The van der Waals surface area contributed by atoms with E-state index in [1.165, 1.54) is 24.5 Å². The van der Waals surface area contributed by atoms with Crippen molar-refractivity contribution in [3.8, 4) is 17.3 Å². The van der Waals surface area contributed by atoms with Gasteiger partial charge in [-0.1, -0.05) is 0 Å². The summed E-state index contributed by atoms with van der Waals surface area (Å²) in [6, 6.07) is 7.29. The second-order valence-corrected chi connectivity index (χ2v) is 3.79. The van der Waals surface area contributed by atoms with Gasteiger partial charge < -0.3 is 14.1 Å². The number of aromatic amines is 1. The summed E-state index contributed by atoms with van der Waals surface area (Å²) in [7, 11) is 0. The topological polar surface area (TPSA) is 51.1 Å². The summed E-state index contributed by atoms with van der Waals surface area (Å²) >= 11 is 0. The average molecular weight is 268 g/mol. The van der Waals surface area contributed by atoms with Gasteiger partial charge in [0, 0.05) is 6.07 Å². The van der Waals surface area contributed by atoms with Crippen LogP contribution < -0.4 is 4.74 Å². The van der Waals surface area contributed by atoms with Crippen LogP contribution in [0, 0.1) is 0 Å². The first kappa shape index (κ1) is 11.6. The van der Waals surface area contributed by atoms with E-state index < -0.39 is 6.36 Å². The molecule has 0 atom stereocenters. The third-order valence-corrected chi connectivity index (χ3v) is 2.44. The van der Waals surface area contributed by atoms with Gasteiger partial charge in [-0.3, -0.25) is 0 Å². The first-order chi connectivity index (χ1) is 9.01. The summed E-state index contributed by atoms with van der Waals surface area (Å²) in [6.45, 7) is 0. The van der Waals surface area contributed by atoms with Crippen molar-refractivity contribution in [3.05, 3.63) is 36.6 Å². The lowest BCUT2D eigenvalue weighted by Crippen LogP contribution is -2.16. The molecule has 0 saturated carbocycles. The van der Waals surface area contributed by atoms with Crippen molar-refractivity contribution >= 4 is 11.0 Å². The van der Waals surface area contributed by atoms with Crippen molar-refractivity contribution in [1.82, 2.24) is 9.97 Å². The lowest BCUT2D eigenvalue weighted by molar-refractivity contribution is -0.274. The Morgan fingerprint density at radius 1 is 1.21 bits per heavy atom. The zero-order valence-corrected chi connectivity index (χ0v) is 9.36. The van der Waals surface area contributed by atoms with E-state index in [0.29, 0.717) is 22.6 Å². The molecule has 0 unspecified atom stereocenters. The molecule has 0 aliphatic rings. The number of imidazole rings is 1. The molecule has 98 valence electrons. The van der Waals surface area contributed by atoms with E-state index in [1.807, 2.05) is 0 Å². The second-order valence-electron chi connectivity index (χ2n) is 3.79. The van der Waals surface area contributed by atoms with Crippen molar-refractivity contribution in [2.75, 3.05) is 0 Å². The van der Waals surface area contributed by atoms with Gasteiger partial charge in [-0.05, 0) is 24.3 Å². The molecule has 0 amide bonds. The molecule has 0 saturated heterocycles. The molecular weight excluding hydrogens is 261 g/mol. The zero-order valence-electron chi connectivity index (χ0n) is 9.36.